The second kappa shape index (κ2) is 10.2. The van der Waals surface area contributed by atoms with Crippen LogP contribution in [0.3, 0.4) is 0 Å². The van der Waals surface area contributed by atoms with Gasteiger partial charge in [-0.2, -0.15) is 5.10 Å². The number of thioether (sulfide) groups is 1. The van der Waals surface area contributed by atoms with Crippen LogP contribution in [-0.4, -0.2) is 37.1 Å². The number of amides is 1. The van der Waals surface area contributed by atoms with Crippen molar-refractivity contribution in [3.8, 4) is 5.75 Å². The van der Waals surface area contributed by atoms with Crippen LogP contribution in [0.2, 0.25) is 0 Å². The van der Waals surface area contributed by atoms with Gasteiger partial charge in [0.2, 0.25) is 5.91 Å². The molecule has 170 valence electrons. The molecule has 0 unspecified atom stereocenters. The molecular weight excluding hydrogens is 425 g/mol. The SMILES string of the molecule is CCCN1c2cc(F)c(/C=N/NC(=O)CSc3ccc(OC)cc3)cc2C(C)=CC1(C)C. The highest BCUT2D eigenvalue weighted by Crippen LogP contribution is 2.40. The summed E-state index contributed by atoms with van der Waals surface area (Å²) in [5.74, 6) is 0.356. The molecular formula is C25H30FN3O2S. The van der Waals surface area contributed by atoms with Crippen molar-refractivity contribution in [1.29, 1.82) is 0 Å². The fourth-order valence-electron chi connectivity index (χ4n) is 3.87. The van der Waals surface area contributed by atoms with Crippen molar-refractivity contribution in [3.05, 3.63) is 59.4 Å². The minimum atomic E-state index is -0.360. The van der Waals surface area contributed by atoms with Crippen molar-refractivity contribution >= 4 is 35.1 Å². The number of nitrogens with one attached hydrogen (secondary N) is 1. The van der Waals surface area contributed by atoms with E-state index in [2.05, 4.69) is 42.3 Å². The fourth-order valence-corrected chi connectivity index (χ4v) is 4.56. The average Bonchev–Trinajstić information content (AvgIpc) is 2.76. The molecule has 0 saturated heterocycles. The number of allylic oxidation sites excluding steroid dienone is 1. The summed E-state index contributed by atoms with van der Waals surface area (Å²) in [6.07, 6.45) is 4.55. The molecule has 1 aliphatic rings. The molecule has 1 N–H and O–H groups in total. The summed E-state index contributed by atoms with van der Waals surface area (Å²) in [5, 5.41) is 3.97. The molecule has 1 amide bonds. The van der Waals surface area contributed by atoms with Gasteiger partial charge in [-0.15, -0.1) is 11.8 Å². The molecule has 3 rings (SSSR count). The van der Waals surface area contributed by atoms with Crippen LogP contribution in [-0.2, 0) is 4.79 Å². The topological polar surface area (TPSA) is 53.9 Å². The molecule has 1 aliphatic heterocycles. The number of methoxy groups -OCH3 is 1. The summed E-state index contributed by atoms with van der Waals surface area (Å²) in [4.78, 5) is 15.3. The Morgan fingerprint density at radius 1 is 1.28 bits per heavy atom. The Balaban J connectivity index is 1.67. The maximum Gasteiger partial charge on any atom is 0.250 e. The second-order valence-electron chi connectivity index (χ2n) is 8.28. The molecule has 0 atom stereocenters. The van der Waals surface area contributed by atoms with Crippen molar-refractivity contribution in [1.82, 2.24) is 5.43 Å². The first-order valence-electron chi connectivity index (χ1n) is 10.6. The van der Waals surface area contributed by atoms with E-state index in [0.717, 1.165) is 40.4 Å². The molecule has 0 spiro atoms. The normalized spacial score (nSPS) is 14.8. The van der Waals surface area contributed by atoms with Crippen LogP contribution in [0.4, 0.5) is 10.1 Å². The molecule has 0 fully saturated rings. The number of hydrazone groups is 1. The first-order valence-corrected chi connectivity index (χ1v) is 11.6. The van der Waals surface area contributed by atoms with E-state index in [0.29, 0.717) is 5.56 Å². The lowest BCUT2D eigenvalue weighted by Gasteiger charge is -2.43. The number of anilines is 1. The van der Waals surface area contributed by atoms with E-state index in [1.54, 1.807) is 19.2 Å². The number of hydrogen-bond donors (Lipinski definition) is 1. The summed E-state index contributed by atoms with van der Waals surface area (Å²) in [6.45, 7) is 9.29. The number of carbonyl (C=O) groups excluding carboxylic acids is 1. The molecule has 0 aliphatic carbocycles. The second-order valence-corrected chi connectivity index (χ2v) is 9.33. The van der Waals surface area contributed by atoms with Crippen LogP contribution < -0.4 is 15.1 Å². The molecule has 1 heterocycles. The van der Waals surface area contributed by atoms with Crippen LogP contribution >= 0.6 is 11.8 Å². The van der Waals surface area contributed by atoms with Gasteiger partial charge in [-0.1, -0.05) is 13.0 Å². The van der Waals surface area contributed by atoms with Crippen LogP contribution in [0.5, 0.6) is 5.75 Å². The summed E-state index contributed by atoms with van der Waals surface area (Å²) in [5.41, 5.74) is 5.63. The van der Waals surface area contributed by atoms with Gasteiger partial charge in [-0.3, -0.25) is 4.79 Å². The largest absolute Gasteiger partial charge is 0.497 e. The minimum Gasteiger partial charge on any atom is -0.497 e. The Morgan fingerprint density at radius 2 is 2.00 bits per heavy atom. The quantitative estimate of drug-likeness (QED) is 0.325. The average molecular weight is 456 g/mol. The number of carbonyl (C=O) groups is 1. The Hall–Kier alpha value is -2.80. The van der Waals surface area contributed by atoms with Crippen LogP contribution in [0.1, 0.15) is 45.2 Å². The number of nitrogens with zero attached hydrogens (tertiary/aromatic N) is 2. The Bertz CT molecular complexity index is 1030. The molecule has 32 heavy (non-hydrogen) atoms. The summed E-state index contributed by atoms with van der Waals surface area (Å²) in [6, 6.07) is 10.8. The fraction of sp³-hybridized carbons (Fsp3) is 0.360. The first kappa shape index (κ1) is 23.9. The zero-order valence-corrected chi connectivity index (χ0v) is 20.1. The predicted octanol–water partition coefficient (Wildman–Crippen LogP) is 5.49. The van der Waals surface area contributed by atoms with E-state index in [1.807, 2.05) is 31.2 Å². The standard InChI is InChI=1S/C25H30FN3O2S/c1-6-11-29-23-13-22(26)18(12-21(23)17(2)14-25(29,3)4)15-27-28-24(30)16-32-20-9-7-19(31-5)8-10-20/h7-10,12-15H,6,11,16H2,1-5H3,(H,28,30)/b27-15+. The van der Waals surface area contributed by atoms with Gasteiger partial charge < -0.3 is 9.64 Å². The van der Waals surface area contributed by atoms with Gasteiger partial charge in [0, 0.05) is 28.3 Å². The number of halogens is 1. The number of hydrogen-bond acceptors (Lipinski definition) is 5. The lowest BCUT2D eigenvalue weighted by molar-refractivity contribution is -0.118. The van der Waals surface area contributed by atoms with Gasteiger partial charge in [0.1, 0.15) is 11.6 Å². The molecule has 5 nitrogen and oxygen atoms in total. The summed E-state index contributed by atoms with van der Waals surface area (Å²) >= 11 is 1.39. The van der Waals surface area contributed by atoms with Crippen molar-refractivity contribution < 1.29 is 13.9 Å². The molecule has 0 bridgehead atoms. The Morgan fingerprint density at radius 3 is 2.66 bits per heavy atom. The zero-order valence-electron chi connectivity index (χ0n) is 19.2. The Kier molecular flexibility index (Phi) is 7.61. The Labute approximate surface area is 193 Å². The maximum atomic E-state index is 14.9. The zero-order chi connectivity index (χ0) is 23.3. The lowest BCUT2D eigenvalue weighted by atomic mass is 9.88. The first-order chi connectivity index (χ1) is 15.2. The van der Waals surface area contributed by atoms with Gasteiger partial charge in [-0.05, 0) is 69.2 Å². The monoisotopic (exact) mass is 455 g/mol. The third-order valence-corrected chi connectivity index (χ3v) is 6.38. The van der Waals surface area contributed by atoms with E-state index >= 15 is 0 Å². The van der Waals surface area contributed by atoms with Crippen molar-refractivity contribution in [2.75, 3.05) is 24.3 Å². The van der Waals surface area contributed by atoms with Gasteiger partial charge in [0.15, 0.2) is 0 Å². The van der Waals surface area contributed by atoms with Crippen molar-refractivity contribution in [2.24, 2.45) is 5.10 Å². The molecule has 0 aromatic heterocycles. The predicted molar refractivity (Wildman–Crippen MR) is 131 cm³/mol. The minimum absolute atomic E-state index is 0.176. The highest BCUT2D eigenvalue weighted by Gasteiger charge is 2.31. The number of benzene rings is 2. The molecule has 0 saturated carbocycles. The van der Waals surface area contributed by atoms with E-state index in [-0.39, 0.29) is 23.0 Å². The third-order valence-electron chi connectivity index (χ3n) is 5.37. The molecule has 7 heteroatoms. The van der Waals surface area contributed by atoms with Crippen LogP contribution in [0.15, 0.2) is 52.5 Å². The van der Waals surface area contributed by atoms with E-state index in [9.17, 15) is 9.18 Å². The van der Waals surface area contributed by atoms with Crippen LogP contribution in [0, 0.1) is 5.82 Å². The number of rotatable bonds is 8. The highest BCUT2D eigenvalue weighted by molar-refractivity contribution is 8.00. The number of fused-ring (bicyclic) bond motifs is 1. The third kappa shape index (κ3) is 5.51. The van der Waals surface area contributed by atoms with E-state index in [4.69, 9.17) is 4.74 Å². The van der Waals surface area contributed by atoms with Gasteiger partial charge in [0.05, 0.1) is 24.6 Å². The maximum absolute atomic E-state index is 14.9. The molecule has 2 aromatic carbocycles. The summed E-state index contributed by atoms with van der Waals surface area (Å²) < 4.78 is 20.0. The summed E-state index contributed by atoms with van der Waals surface area (Å²) in [7, 11) is 1.61. The van der Waals surface area contributed by atoms with Crippen LogP contribution in [0.25, 0.3) is 5.57 Å². The van der Waals surface area contributed by atoms with Crippen molar-refractivity contribution in [2.45, 2.75) is 44.6 Å². The number of ether oxygens (including phenoxy) is 1. The molecule has 2 aromatic rings. The van der Waals surface area contributed by atoms with Gasteiger partial charge in [-0.25, -0.2) is 9.82 Å². The lowest BCUT2D eigenvalue weighted by Crippen LogP contribution is -2.45. The smallest absolute Gasteiger partial charge is 0.250 e. The van der Waals surface area contributed by atoms with E-state index < -0.39 is 0 Å². The van der Waals surface area contributed by atoms with Gasteiger partial charge >= 0.3 is 0 Å². The van der Waals surface area contributed by atoms with Crippen molar-refractivity contribution in [3.63, 3.8) is 0 Å². The highest BCUT2D eigenvalue weighted by atomic mass is 32.2. The van der Waals surface area contributed by atoms with E-state index in [1.165, 1.54) is 18.0 Å². The molecule has 0 radical (unpaired) electrons. The van der Waals surface area contributed by atoms with Gasteiger partial charge in [0.25, 0.3) is 0 Å².